The number of aryl methyl sites for hydroxylation is 2. The zero-order valence-corrected chi connectivity index (χ0v) is 12.4. The third kappa shape index (κ3) is 3.44. The number of rotatable bonds is 5. The molecular formula is C18H20OS. The fourth-order valence-electron chi connectivity index (χ4n) is 2.79. The number of hydrogen-bond donors (Lipinski definition) is 1. The Hall–Kier alpha value is -1.25. The second-order valence-corrected chi connectivity index (χ2v) is 6.53. The second kappa shape index (κ2) is 6.47. The predicted octanol–water partition coefficient (Wildman–Crippen LogP) is 3.87. The molecule has 0 amide bonds. The Labute approximate surface area is 125 Å². The van der Waals surface area contributed by atoms with Crippen molar-refractivity contribution in [3.05, 3.63) is 65.2 Å². The van der Waals surface area contributed by atoms with Crippen molar-refractivity contribution in [2.45, 2.75) is 36.7 Å². The third-order valence-corrected chi connectivity index (χ3v) is 4.98. The van der Waals surface area contributed by atoms with Gasteiger partial charge in [0.25, 0.3) is 0 Å². The normalized spacial score (nSPS) is 15.1. The topological polar surface area (TPSA) is 20.2 Å². The molecule has 0 saturated heterocycles. The van der Waals surface area contributed by atoms with Gasteiger partial charge >= 0.3 is 0 Å². The maximum absolute atomic E-state index is 10.2. The molecule has 1 aliphatic carbocycles. The van der Waals surface area contributed by atoms with Crippen LogP contribution in [0.15, 0.2) is 53.4 Å². The molecule has 2 aromatic rings. The molecule has 0 saturated carbocycles. The minimum absolute atomic E-state index is 0.278. The SMILES string of the molecule is OC(CSc1ccccc1)Cc1ccc2c(c1)CCC2. The number of fused-ring (bicyclic) bond motifs is 1. The highest BCUT2D eigenvalue weighted by molar-refractivity contribution is 7.99. The van der Waals surface area contributed by atoms with Crippen molar-refractivity contribution in [3.63, 3.8) is 0 Å². The average Bonchev–Trinajstić information content (AvgIpc) is 2.94. The van der Waals surface area contributed by atoms with Crippen LogP contribution in [0.2, 0.25) is 0 Å². The van der Waals surface area contributed by atoms with Crippen LogP contribution < -0.4 is 0 Å². The van der Waals surface area contributed by atoms with E-state index in [-0.39, 0.29) is 6.10 Å². The molecule has 2 heteroatoms. The van der Waals surface area contributed by atoms with Crippen LogP contribution in [0.4, 0.5) is 0 Å². The van der Waals surface area contributed by atoms with Crippen molar-refractivity contribution in [1.82, 2.24) is 0 Å². The molecule has 0 fully saturated rings. The number of aliphatic hydroxyl groups excluding tert-OH is 1. The van der Waals surface area contributed by atoms with E-state index in [1.807, 2.05) is 18.2 Å². The summed E-state index contributed by atoms with van der Waals surface area (Å²) in [5.41, 5.74) is 4.26. The summed E-state index contributed by atoms with van der Waals surface area (Å²) in [5.74, 6) is 0.751. The summed E-state index contributed by atoms with van der Waals surface area (Å²) in [6.07, 6.45) is 4.19. The Morgan fingerprint density at radius 1 is 1.00 bits per heavy atom. The molecule has 1 atom stereocenters. The zero-order chi connectivity index (χ0) is 13.8. The van der Waals surface area contributed by atoms with Crippen LogP contribution in [-0.4, -0.2) is 17.0 Å². The van der Waals surface area contributed by atoms with Crippen LogP contribution >= 0.6 is 11.8 Å². The highest BCUT2D eigenvalue weighted by atomic mass is 32.2. The van der Waals surface area contributed by atoms with Gasteiger partial charge in [-0.15, -0.1) is 11.8 Å². The van der Waals surface area contributed by atoms with E-state index in [1.165, 1.54) is 40.8 Å². The van der Waals surface area contributed by atoms with Gasteiger partial charge in [-0.2, -0.15) is 0 Å². The van der Waals surface area contributed by atoms with Gasteiger partial charge in [-0.05, 0) is 54.5 Å². The van der Waals surface area contributed by atoms with E-state index < -0.39 is 0 Å². The first-order valence-electron chi connectivity index (χ1n) is 7.28. The van der Waals surface area contributed by atoms with Gasteiger partial charge in [-0.1, -0.05) is 36.4 Å². The number of aliphatic hydroxyl groups is 1. The lowest BCUT2D eigenvalue weighted by Gasteiger charge is -2.11. The summed E-state index contributed by atoms with van der Waals surface area (Å²) in [7, 11) is 0. The van der Waals surface area contributed by atoms with Gasteiger partial charge < -0.3 is 5.11 Å². The van der Waals surface area contributed by atoms with Crippen molar-refractivity contribution >= 4 is 11.8 Å². The van der Waals surface area contributed by atoms with E-state index in [4.69, 9.17) is 0 Å². The van der Waals surface area contributed by atoms with Crippen molar-refractivity contribution in [2.24, 2.45) is 0 Å². The minimum atomic E-state index is -0.278. The maximum Gasteiger partial charge on any atom is 0.0674 e. The molecule has 20 heavy (non-hydrogen) atoms. The number of thioether (sulfide) groups is 1. The van der Waals surface area contributed by atoms with Crippen LogP contribution in [0.1, 0.15) is 23.1 Å². The Morgan fingerprint density at radius 3 is 2.65 bits per heavy atom. The molecule has 1 aliphatic rings. The molecule has 0 radical (unpaired) electrons. The van der Waals surface area contributed by atoms with Gasteiger partial charge in [-0.3, -0.25) is 0 Å². The molecule has 2 aromatic carbocycles. The van der Waals surface area contributed by atoms with E-state index in [1.54, 1.807) is 11.8 Å². The highest BCUT2D eigenvalue weighted by Crippen LogP contribution is 2.24. The van der Waals surface area contributed by atoms with Gasteiger partial charge in [0.1, 0.15) is 0 Å². The standard InChI is InChI=1S/C18H20OS/c19-17(13-20-18-7-2-1-3-8-18)12-14-9-10-15-5-4-6-16(15)11-14/h1-3,7-11,17,19H,4-6,12-13H2. The molecule has 1 N–H and O–H groups in total. The van der Waals surface area contributed by atoms with Crippen LogP contribution in [-0.2, 0) is 19.3 Å². The second-order valence-electron chi connectivity index (χ2n) is 5.44. The Morgan fingerprint density at radius 2 is 1.80 bits per heavy atom. The maximum atomic E-state index is 10.2. The first-order chi connectivity index (χ1) is 9.81. The predicted molar refractivity (Wildman–Crippen MR) is 85.3 cm³/mol. The van der Waals surface area contributed by atoms with Crippen molar-refractivity contribution in [3.8, 4) is 0 Å². The van der Waals surface area contributed by atoms with Gasteiger partial charge in [0.05, 0.1) is 6.10 Å². The Balaban J connectivity index is 1.55. The molecule has 0 bridgehead atoms. The first-order valence-corrected chi connectivity index (χ1v) is 8.26. The van der Waals surface area contributed by atoms with Crippen LogP contribution in [0.5, 0.6) is 0 Å². The largest absolute Gasteiger partial charge is 0.392 e. The summed E-state index contributed by atoms with van der Waals surface area (Å²) >= 11 is 1.72. The lowest BCUT2D eigenvalue weighted by atomic mass is 10.0. The number of benzene rings is 2. The quantitative estimate of drug-likeness (QED) is 0.841. The van der Waals surface area contributed by atoms with E-state index in [9.17, 15) is 5.11 Å². The van der Waals surface area contributed by atoms with E-state index in [0.29, 0.717) is 0 Å². The third-order valence-electron chi connectivity index (χ3n) is 3.82. The molecule has 1 unspecified atom stereocenters. The smallest absolute Gasteiger partial charge is 0.0674 e. The first kappa shape index (κ1) is 13.7. The zero-order valence-electron chi connectivity index (χ0n) is 11.6. The van der Waals surface area contributed by atoms with Crippen molar-refractivity contribution in [2.75, 3.05) is 5.75 Å². The molecule has 0 heterocycles. The molecule has 104 valence electrons. The van der Waals surface area contributed by atoms with E-state index in [0.717, 1.165) is 12.2 Å². The Bertz CT molecular complexity index is 565. The lowest BCUT2D eigenvalue weighted by Crippen LogP contribution is -2.13. The van der Waals surface area contributed by atoms with Crippen molar-refractivity contribution < 1.29 is 5.11 Å². The van der Waals surface area contributed by atoms with Crippen LogP contribution in [0, 0.1) is 0 Å². The lowest BCUT2D eigenvalue weighted by molar-refractivity contribution is 0.200. The molecule has 0 spiro atoms. The fourth-order valence-corrected chi connectivity index (χ4v) is 3.64. The molecule has 1 nitrogen and oxygen atoms in total. The van der Waals surface area contributed by atoms with Crippen LogP contribution in [0.3, 0.4) is 0 Å². The minimum Gasteiger partial charge on any atom is -0.392 e. The monoisotopic (exact) mass is 284 g/mol. The van der Waals surface area contributed by atoms with Gasteiger partial charge in [0.2, 0.25) is 0 Å². The van der Waals surface area contributed by atoms with Crippen LogP contribution in [0.25, 0.3) is 0 Å². The van der Waals surface area contributed by atoms with E-state index in [2.05, 4.69) is 30.3 Å². The average molecular weight is 284 g/mol. The van der Waals surface area contributed by atoms with Gasteiger partial charge in [-0.25, -0.2) is 0 Å². The highest BCUT2D eigenvalue weighted by Gasteiger charge is 2.12. The molecule has 0 aliphatic heterocycles. The van der Waals surface area contributed by atoms with E-state index >= 15 is 0 Å². The summed E-state index contributed by atoms with van der Waals surface area (Å²) in [6.45, 7) is 0. The van der Waals surface area contributed by atoms with Crippen molar-refractivity contribution in [1.29, 1.82) is 0 Å². The summed E-state index contributed by atoms with van der Waals surface area (Å²) in [4.78, 5) is 1.22. The summed E-state index contributed by atoms with van der Waals surface area (Å²) in [6, 6.07) is 17.0. The summed E-state index contributed by atoms with van der Waals surface area (Å²) in [5, 5.41) is 10.2. The Kier molecular flexibility index (Phi) is 4.44. The van der Waals surface area contributed by atoms with Gasteiger partial charge in [0.15, 0.2) is 0 Å². The number of hydrogen-bond acceptors (Lipinski definition) is 2. The fraction of sp³-hybridized carbons (Fsp3) is 0.333. The summed E-state index contributed by atoms with van der Waals surface area (Å²) < 4.78 is 0. The molecule has 3 rings (SSSR count). The van der Waals surface area contributed by atoms with Gasteiger partial charge in [0, 0.05) is 10.6 Å². The molecular weight excluding hydrogens is 264 g/mol. The molecule has 0 aromatic heterocycles.